The smallest absolute Gasteiger partial charge is 0.122 e. The van der Waals surface area contributed by atoms with Gasteiger partial charge in [-0.05, 0) is 6.07 Å². The summed E-state index contributed by atoms with van der Waals surface area (Å²) in [6.45, 7) is 0.717. The highest BCUT2D eigenvalue weighted by Crippen LogP contribution is 2.14. The first-order valence-electron chi connectivity index (χ1n) is 4.13. The van der Waals surface area contributed by atoms with E-state index in [0.717, 1.165) is 22.9 Å². The third-order valence-electron chi connectivity index (χ3n) is 1.54. The molecule has 0 unspecified atom stereocenters. The van der Waals surface area contributed by atoms with Gasteiger partial charge in [0.1, 0.15) is 5.75 Å². The second-order valence-corrected chi connectivity index (χ2v) is 3.63. The molecule has 3 nitrogen and oxygen atoms in total. The number of nitrogens with zero attached hydrogens (tertiary/aromatic N) is 1. The molecule has 1 aromatic heterocycles. The molecule has 0 aromatic carbocycles. The number of methoxy groups -OCH3 is 1. The molecule has 0 aliphatic rings. The van der Waals surface area contributed by atoms with E-state index in [-0.39, 0.29) is 24.8 Å². The van der Waals surface area contributed by atoms with Crippen LogP contribution in [0.2, 0.25) is 0 Å². The summed E-state index contributed by atoms with van der Waals surface area (Å²) in [5.41, 5.74) is 6.42. The number of nitrogens with two attached hydrogens (primary N) is 1. The molecule has 1 aromatic rings. The Hall–Kier alpha value is -0.160. The van der Waals surface area contributed by atoms with Gasteiger partial charge >= 0.3 is 0 Å². The Bertz CT molecular complexity index is 264. The largest absolute Gasteiger partial charge is 0.497 e. The molecule has 0 aliphatic carbocycles. The molecule has 1 heterocycles. The van der Waals surface area contributed by atoms with E-state index < -0.39 is 0 Å². The summed E-state index contributed by atoms with van der Waals surface area (Å²) >= 11 is 1.78. The van der Waals surface area contributed by atoms with Crippen LogP contribution in [0.15, 0.2) is 18.3 Å². The first-order chi connectivity index (χ1) is 6.36. The predicted molar refractivity (Wildman–Crippen MR) is 70.5 cm³/mol. The molecule has 0 saturated carbocycles. The fraction of sp³-hybridized carbons (Fsp3) is 0.444. The van der Waals surface area contributed by atoms with Crippen molar-refractivity contribution in [3.8, 4) is 5.75 Å². The normalized spacial score (nSPS) is 8.67. The van der Waals surface area contributed by atoms with E-state index in [0.29, 0.717) is 6.54 Å². The maximum atomic E-state index is 5.38. The van der Waals surface area contributed by atoms with Crippen molar-refractivity contribution in [3.63, 3.8) is 0 Å². The molecule has 2 N–H and O–H groups in total. The first kappa shape index (κ1) is 17.2. The lowest BCUT2D eigenvalue weighted by atomic mass is 10.3. The Balaban J connectivity index is 0. The third kappa shape index (κ3) is 6.84. The van der Waals surface area contributed by atoms with Gasteiger partial charge in [-0.3, -0.25) is 4.98 Å². The summed E-state index contributed by atoms with van der Waals surface area (Å²) < 4.78 is 5.09. The van der Waals surface area contributed by atoms with Gasteiger partial charge < -0.3 is 10.5 Å². The number of ether oxygens (including phenoxy) is 1. The topological polar surface area (TPSA) is 48.1 Å². The van der Waals surface area contributed by atoms with E-state index in [9.17, 15) is 0 Å². The molecule has 0 aliphatic heterocycles. The molecule has 0 spiro atoms. The van der Waals surface area contributed by atoms with Crippen molar-refractivity contribution in [1.82, 2.24) is 4.98 Å². The van der Waals surface area contributed by atoms with Gasteiger partial charge in [0.15, 0.2) is 0 Å². The summed E-state index contributed by atoms with van der Waals surface area (Å²) in [4.78, 5) is 4.22. The highest BCUT2D eigenvalue weighted by atomic mass is 35.5. The summed E-state index contributed by atoms with van der Waals surface area (Å²) in [5.74, 6) is 2.73. The van der Waals surface area contributed by atoms with Gasteiger partial charge in [-0.2, -0.15) is 11.8 Å². The highest BCUT2D eigenvalue weighted by molar-refractivity contribution is 7.98. The van der Waals surface area contributed by atoms with Crippen LogP contribution in [0.4, 0.5) is 0 Å². The fourth-order valence-electron chi connectivity index (χ4n) is 0.922. The number of pyridine rings is 1. The van der Waals surface area contributed by atoms with Gasteiger partial charge in [0.2, 0.25) is 0 Å². The molecule has 15 heavy (non-hydrogen) atoms. The quantitative estimate of drug-likeness (QED) is 0.833. The molecule has 6 heteroatoms. The summed E-state index contributed by atoms with van der Waals surface area (Å²) in [6, 6.07) is 3.79. The van der Waals surface area contributed by atoms with Crippen LogP contribution in [0.3, 0.4) is 0 Å². The monoisotopic (exact) mass is 270 g/mol. The fourth-order valence-corrected chi connectivity index (χ4v) is 1.60. The molecular formula is C9H16Cl2N2OS. The zero-order valence-corrected chi connectivity index (χ0v) is 11.0. The number of rotatable bonds is 5. The van der Waals surface area contributed by atoms with Crippen LogP contribution < -0.4 is 10.5 Å². The maximum absolute atomic E-state index is 5.38. The van der Waals surface area contributed by atoms with E-state index in [1.165, 1.54) is 0 Å². The van der Waals surface area contributed by atoms with Crippen molar-refractivity contribution in [1.29, 1.82) is 0 Å². The summed E-state index contributed by atoms with van der Waals surface area (Å²) in [5, 5.41) is 0. The lowest BCUT2D eigenvalue weighted by Gasteiger charge is -2.02. The second-order valence-electron chi connectivity index (χ2n) is 2.53. The molecule has 0 fully saturated rings. The lowest BCUT2D eigenvalue weighted by Crippen LogP contribution is -2.01. The highest BCUT2D eigenvalue weighted by Gasteiger charge is 1.96. The lowest BCUT2D eigenvalue weighted by molar-refractivity contribution is 0.413. The minimum absolute atomic E-state index is 0. The molecule has 0 saturated heterocycles. The van der Waals surface area contributed by atoms with Gasteiger partial charge in [-0.1, -0.05) is 0 Å². The average Bonchev–Trinajstić information content (AvgIpc) is 2.19. The van der Waals surface area contributed by atoms with E-state index >= 15 is 0 Å². The van der Waals surface area contributed by atoms with Gasteiger partial charge in [-0.25, -0.2) is 0 Å². The zero-order valence-electron chi connectivity index (χ0n) is 8.51. The van der Waals surface area contributed by atoms with E-state index in [1.54, 1.807) is 25.1 Å². The van der Waals surface area contributed by atoms with Crippen molar-refractivity contribution < 1.29 is 4.74 Å². The number of hydrogen-bond acceptors (Lipinski definition) is 4. The Morgan fingerprint density at radius 2 is 2.20 bits per heavy atom. The van der Waals surface area contributed by atoms with Crippen molar-refractivity contribution >= 4 is 36.6 Å². The van der Waals surface area contributed by atoms with Crippen molar-refractivity contribution in [2.24, 2.45) is 5.73 Å². The average molecular weight is 271 g/mol. The Morgan fingerprint density at radius 1 is 1.47 bits per heavy atom. The molecule has 0 radical (unpaired) electrons. The first-order valence-corrected chi connectivity index (χ1v) is 5.29. The molecule has 1 rings (SSSR count). The molecule has 88 valence electrons. The van der Waals surface area contributed by atoms with Crippen LogP contribution in [0.1, 0.15) is 5.69 Å². The summed E-state index contributed by atoms with van der Waals surface area (Å²) in [6.07, 6.45) is 1.76. The maximum Gasteiger partial charge on any atom is 0.122 e. The van der Waals surface area contributed by atoms with Crippen LogP contribution in [0.25, 0.3) is 0 Å². The SMILES string of the molecule is COc1ccnc(CSCCN)c1.Cl.Cl. The minimum Gasteiger partial charge on any atom is -0.497 e. The zero-order chi connectivity index (χ0) is 9.52. The van der Waals surface area contributed by atoms with Crippen LogP contribution >= 0.6 is 36.6 Å². The molecule has 0 bridgehead atoms. The molecule has 0 amide bonds. The van der Waals surface area contributed by atoms with Crippen molar-refractivity contribution in [2.45, 2.75) is 5.75 Å². The van der Waals surface area contributed by atoms with Gasteiger partial charge in [0, 0.05) is 30.3 Å². The standard InChI is InChI=1S/C9H14N2OS.2ClH/c1-12-9-2-4-11-8(6-9)7-13-5-3-10;;/h2,4,6H,3,5,7,10H2,1H3;2*1H. The Kier molecular flexibility index (Phi) is 11.9. The Morgan fingerprint density at radius 3 is 2.80 bits per heavy atom. The van der Waals surface area contributed by atoms with Crippen LogP contribution in [0.5, 0.6) is 5.75 Å². The predicted octanol–water partition coefficient (Wildman–Crippen LogP) is 2.13. The molecule has 0 atom stereocenters. The van der Waals surface area contributed by atoms with E-state index in [2.05, 4.69) is 4.98 Å². The number of hydrogen-bond donors (Lipinski definition) is 1. The second kappa shape index (κ2) is 10.4. The number of thioether (sulfide) groups is 1. The van der Waals surface area contributed by atoms with Crippen LogP contribution in [-0.4, -0.2) is 24.4 Å². The van der Waals surface area contributed by atoms with Gasteiger partial charge in [0.05, 0.1) is 12.8 Å². The van der Waals surface area contributed by atoms with Crippen LogP contribution in [0, 0.1) is 0 Å². The van der Waals surface area contributed by atoms with Gasteiger partial charge in [0.25, 0.3) is 0 Å². The molecular weight excluding hydrogens is 255 g/mol. The minimum atomic E-state index is 0. The van der Waals surface area contributed by atoms with Crippen molar-refractivity contribution in [2.75, 3.05) is 19.4 Å². The van der Waals surface area contributed by atoms with Crippen LogP contribution in [-0.2, 0) is 5.75 Å². The van der Waals surface area contributed by atoms with Crippen molar-refractivity contribution in [3.05, 3.63) is 24.0 Å². The summed E-state index contributed by atoms with van der Waals surface area (Å²) in [7, 11) is 1.66. The van der Waals surface area contributed by atoms with E-state index in [1.807, 2.05) is 12.1 Å². The number of halogens is 2. The third-order valence-corrected chi connectivity index (χ3v) is 2.56. The van der Waals surface area contributed by atoms with E-state index in [4.69, 9.17) is 10.5 Å². The van der Waals surface area contributed by atoms with Gasteiger partial charge in [-0.15, -0.1) is 24.8 Å². The number of aromatic nitrogens is 1. The Labute approximate surface area is 107 Å².